The van der Waals surface area contributed by atoms with Crippen molar-refractivity contribution in [2.45, 2.75) is 24.3 Å². The van der Waals surface area contributed by atoms with E-state index < -0.39 is 22.0 Å². The molecule has 0 saturated carbocycles. The van der Waals surface area contributed by atoms with Gasteiger partial charge >= 0.3 is 5.97 Å². The molecular formula is C12H15NO4S. The fraction of sp³-hybridized carbons (Fsp3) is 0.250. The molecule has 0 fully saturated rings. The molecule has 1 aromatic rings. The molecule has 2 N–H and O–H groups in total. The van der Waals surface area contributed by atoms with Crippen molar-refractivity contribution >= 4 is 16.0 Å². The first kappa shape index (κ1) is 14.4. The van der Waals surface area contributed by atoms with Crippen LogP contribution in [0, 0.1) is 6.92 Å². The van der Waals surface area contributed by atoms with Gasteiger partial charge in [0.05, 0.1) is 4.90 Å². The number of carboxylic acid groups (broad SMARTS) is 1. The zero-order valence-corrected chi connectivity index (χ0v) is 10.8. The summed E-state index contributed by atoms with van der Waals surface area (Å²) in [6.07, 6.45) is 1.39. The topological polar surface area (TPSA) is 83.5 Å². The van der Waals surface area contributed by atoms with E-state index >= 15 is 0 Å². The monoisotopic (exact) mass is 269 g/mol. The normalized spacial score (nSPS) is 12.9. The van der Waals surface area contributed by atoms with E-state index in [9.17, 15) is 13.2 Å². The zero-order chi connectivity index (χ0) is 13.8. The summed E-state index contributed by atoms with van der Waals surface area (Å²) in [6.45, 7) is 5.16. The summed E-state index contributed by atoms with van der Waals surface area (Å²) in [6, 6.07) is 5.06. The van der Waals surface area contributed by atoms with E-state index in [2.05, 4.69) is 11.3 Å². The Balaban J connectivity index is 3.00. The van der Waals surface area contributed by atoms with Gasteiger partial charge in [0.25, 0.3) is 0 Å². The van der Waals surface area contributed by atoms with Crippen LogP contribution in [0.4, 0.5) is 0 Å². The molecular weight excluding hydrogens is 254 g/mol. The average molecular weight is 269 g/mol. The van der Waals surface area contributed by atoms with Crippen molar-refractivity contribution in [3.05, 3.63) is 42.5 Å². The third-order valence-electron chi connectivity index (χ3n) is 2.30. The number of carboxylic acids is 1. The Labute approximate surface area is 106 Å². The van der Waals surface area contributed by atoms with E-state index in [0.717, 1.165) is 5.56 Å². The Bertz CT molecular complexity index is 551. The highest BCUT2D eigenvalue weighted by Gasteiger charge is 2.24. The number of aryl methyl sites for hydroxylation is 1. The van der Waals surface area contributed by atoms with Crippen molar-refractivity contribution in [2.75, 3.05) is 0 Å². The first-order valence-corrected chi connectivity index (χ1v) is 6.78. The molecule has 1 unspecified atom stereocenters. The second-order valence-electron chi connectivity index (χ2n) is 3.85. The van der Waals surface area contributed by atoms with E-state index in [1.165, 1.54) is 18.2 Å². The second-order valence-corrected chi connectivity index (χ2v) is 5.57. The summed E-state index contributed by atoms with van der Waals surface area (Å²) in [5.74, 6) is -1.23. The van der Waals surface area contributed by atoms with Gasteiger partial charge in [-0.25, -0.2) is 8.42 Å². The fourth-order valence-corrected chi connectivity index (χ4v) is 2.71. The molecule has 98 valence electrons. The van der Waals surface area contributed by atoms with Gasteiger partial charge in [-0.2, -0.15) is 4.72 Å². The molecule has 0 aliphatic carbocycles. The van der Waals surface area contributed by atoms with Crippen LogP contribution < -0.4 is 4.72 Å². The first-order valence-electron chi connectivity index (χ1n) is 5.29. The second kappa shape index (κ2) is 5.79. The Morgan fingerprint density at radius 2 is 2.22 bits per heavy atom. The number of benzene rings is 1. The van der Waals surface area contributed by atoms with Crippen LogP contribution in [0.2, 0.25) is 0 Å². The number of hydrogen-bond acceptors (Lipinski definition) is 3. The largest absolute Gasteiger partial charge is 0.480 e. The molecule has 5 nitrogen and oxygen atoms in total. The summed E-state index contributed by atoms with van der Waals surface area (Å²) in [7, 11) is -3.83. The van der Waals surface area contributed by atoms with E-state index in [1.807, 2.05) is 0 Å². The Morgan fingerprint density at radius 1 is 1.56 bits per heavy atom. The van der Waals surface area contributed by atoms with Crippen LogP contribution in [0.25, 0.3) is 0 Å². The predicted molar refractivity (Wildman–Crippen MR) is 67.7 cm³/mol. The predicted octanol–water partition coefficient (Wildman–Crippen LogP) is 1.30. The lowest BCUT2D eigenvalue weighted by Gasteiger charge is -2.13. The van der Waals surface area contributed by atoms with Crippen molar-refractivity contribution in [1.29, 1.82) is 0 Å². The van der Waals surface area contributed by atoms with Crippen LogP contribution in [0.5, 0.6) is 0 Å². The highest BCUT2D eigenvalue weighted by molar-refractivity contribution is 7.89. The van der Waals surface area contributed by atoms with Crippen LogP contribution in [0.3, 0.4) is 0 Å². The van der Waals surface area contributed by atoms with E-state index in [4.69, 9.17) is 5.11 Å². The molecule has 1 rings (SSSR count). The Kier molecular flexibility index (Phi) is 4.63. The zero-order valence-electron chi connectivity index (χ0n) is 9.96. The molecule has 0 radical (unpaired) electrons. The van der Waals surface area contributed by atoms with E-state index in [1.54, 1.807) is 19.1 Å². The van der Waals surface area contributed by atoms with Gasteiger partial charge in [-0.1, -0.05) is 18.2 Å². The minimum absolute atomic E-state index is 0.0282. The van der Waals surface area contributed by atoms with Gasteiger partial charge in [0.2, 0.25) is 10.0 Å². The molecule has 0 aliphatic rings. The summed E-state index contributed by atoms with van der Waals surface area (Å²) in [5, 5.41) is 8.89. The molecule has 18 heavy (non-hydrogen) atoms. The van der Waals surface area contributed by atoms with Crippen LogP contribution in [0.1, 0.15) is 12.0 Å². The Hall–Kier alpha value is -1.66. The maximum absolute atomic E-state index is 12.0. The summed E-state index contributed by atoms with van der Waals surface area (Å²) < 4.78 is 26.1. The lowest BCUT2D eigenvalue weighted by molar-refractivity contribution is -0.138. The number of sulfonamides is 1. The Morgan fingerprint density at radius 3 is 2.72 bits per heavy atom. The highest BCUT2D eigenvalue weighted by Crippen LogP contribution is 2.12. The number of aliphatic carboxylic acids is 1. The van der Waals surface area contributed by atoms with Crippen molar-refractivity contribution < 1.29 is 18.3 Å². The molecule has 1 atom stereocenters. The highest BCUT2D eigenvalue weighted by atomic mass is 32.2. The standard InChI is InChI=1S/C12H15NO4S/c1-3-5-11(12(14)15)13-18(16,17)10-7-4-6-9(2)8-10/h3-4,6-8,11,13H,1,5H2,2H3,(H,14,15). The molecule has 0 bridgehead atoms. The SMILES string of the molecule is C=CCC(NS(=O)(=O)c1cccc(C)c1)C(=O)O. The maximum atomic E-state index is 12.0. The van der Waals surface area contributed by atoms with Gasteiger partial charge < -0.3 is 5.11 Å². The number of nitrogens with one attached hydrogen (secondary N) is 1. The van der Waals surface area contributed by atoms with Crippen LogP contribution >= 0.6 is 0 Å². The summed E-state index contributed by atoms with van der Waals surface area (Å²) in [4.78, 5) is 10.9. The number of hydrogen-bond donors (Lipinski definition) is 2. The third kappa shape index (κ3) is 3.68. The minimum Gasteiger partial charge on any atom is -0.480 e. The maximum Gasteiger partial charge on any atom is 0.322 e. The fourth-order valence-electron chi connectivity index (χ4n) is 1.40. The van der Waals surface area contributed by atoms with Crippen molar-refractivity contribution in [1.82, 2.24) is 4.72 Å². The molecule has 0 heterocycles. The van der Waals surface area contributed by atoms with Gasteiger partial charge in [0.1, 0.15) is 6.04 Å². The summed E-state index contributed by atoms with van der Waals surface area (Å²) >= 11 is 0. The molecule has 0 spiro atoms. The van der Waals surface area contributed by atoms with Crippen LogP contribution in [-0.2, 0) is 14.8 Å². The van der Waals surface area contributed by atoms with Gasteiger partial charge in [-0.05, 0) is 31.0 Å². The number of carbonyl (C=O) groups is 1. The van der Waals surface area contributed by atoms with Gasteiger partial charge in [-0.15, -0.1) is 6.58 Å². The molecule has 6 heteroatoms. The van der Waals surface area contributed by atoms with E-state index in [-0.39, 0.29) is 11.3 Å². The molecule has 0 amide bonds. The number of rotatable bonds is 6. The lowest BCUT2D eigenvalue weighted by Crippen LogP contribution is -2.40. The van der Waals surface area contributed by atoms with Gasteiger partial charge in [0.15, 0.2) is 0 Å². The third-order valence-corrected chi connectivity index (χ3v) is 3.77. The van der Waals surface area contributed by atoms with Gasteiger partial charge in [0, 0.05) is 0 Å². The summed E-state index contributed by atoms with van der Waals surface area (Å²) in [5.41, 5.74) is 0.786. The molecule has 1 aromatic carbocycles. The average Bonchev–Trinajstić information content (AvgIpc) is 2.28. The minimum atomic E-state index is -3.83. The smallest absolute Gasteiger partial charge is 0.322 e. The van der Waals surface area contributed by atoms with Crippen molar-refractivity contribution in [3.8, 4) is 0 Å². The van der Waals surface area contributed by atoms with Crippen LogP contribution in [0.15, 0.2) is 41.8 Å². The van der Waals surface area contributed by atoms with E-state index in [0.29, 0.717) is 0 Å². The molecule has 0 aromatic heterocycles. The van der Waals surface area contributed by atoms with Gasteiger partial charge in [-0.3, -0.25) is 4.79 Å². The molecule has 0 saturated heterocycles. The quantitative estimate of drug-likeness (QED) is 0.762. The van der Waals surface area contributed by atoms with Crippen molar-refractivity contribution in [3.63, 3.8) is 0 Å². The lowest BCUT2D eigenvalue weighted by atomic mass is 10.2. The van der Waals surface area contributed by atoms with Crippen molar-refractivity contribution in [2.24, 2.45) is 0 Å². The van der Waals surface area contributed by atoms with Crippen LogP contribution in [-0.4, -0.2) is 25.5 Å². The first-order chi connectivity index (χ1) is 8.36. The molecule has 0 aliphatic heterocycles.